The molecule has 25 heavy (non-hydrogen) atoms. The van der Waals surface area contributed by atoms with Crippen LogP contribution in [0.4, 0.5) is 0 Å². The van der Waals surface area contributed by atoms with Crippen LogP contribution in [0.5, 0.6) is 0 Å². The van der Waals surface area contributed by atoms with E-state index < -0.39 is 0 Å². The summed E-state index contributed by atoms with van der Waals surface area (Å²) >= 11 is 0. The second-order valence-corrected chi connectivity index (χ2v) is 7.57. The largest absolute Gasteiger partial charge is 0.443 e. The van der Waals surface area contributed by atoms with Crippen molar-refractivity contribution in [3.8, 4) is 0 Å². The van der Waals surface area contributed by atoms with Crippen LogP contribution in [0, 0.1) is 0 Å². The molecule has 1 atom stereocenters. The van der Waals surface area contributed by atoms with Gasteiger partial charge >= 0.3 is 0 Å². The number of guanidine groups is 1. The Bertz CT molecular complexity index is 552. The number of nitrogens with zero attached hydrogens (tertiary/aromatic N) is 4. The summed E-state index contributed by atoms with van der Waals surface area (Å²) in [5.41, 5.74) is -0.0181. The predicted molar refractivity (Wildman–Crippen MR) is 114 cm³/mol. The Morgan fingerprint density at radius 2 is 2.20 bits per heavy atom. The molecule has 2 heterocycles. The number of aliphatic imine (C=N–C) groups is 1. The molecule has 1 aromatic rings. The highest BCUT2D eigenvalue weighted by molar-refractivity contribution is 14.0. The van der Waals surface area contributed by atoms with E-state index in [0.717, 1.165) is 24.8 Å². The van der Waals surface area contributed by atoms with E-state index in [2.05, 4.69) is 59.8 Å². The van der Waals surface area contributed by atoms with Crippen molar-refractivity contribution in [2.45, 2.75) is 58.5 Å². The molecule has 1 unspecified atom stereocenters. The molecule has 1 aliphatic rings. The number of aromatic nitrogens is 1. The third-order valence-corrected chi connectivity index (χ3v) is 4.65. The van der Waals surface area contributed by atoms with Crippen molar-refractivity contribution in [3.05, 3.63) is 17.8 Å². The maximum absolute atomic E-state index is 5.84. The minimum atomic E-state index is -0.0181. The van der Waals surface area contributed by atoms with Gasteiger partial charge in [0.1, 0.15) is 5.76 Å². The Morgan fingerprint density at radius 3 is 2.76 bits per heavy atom. The molecule has 2 rings (SSSR count). The molecule has 6 nitrogen and oxygen atoms in total. The molecule has 1 aromatic heterocycles. The van der Waals surface area contributed by atoms with Crippen LogP contribution in [-0.4, -0.2) is 60.5 Å². The molecule has 1 saturated heterocycles. The van der Waals surface area contributed by atoms with Gasteiger partial charge in [-0.05, 0) is 25.9 Å². The Morgan fingerprint density at radius 1 is 1.48 bits per heavy atom. The zero-order chi connectivity index (χ0) is 17.7. The van der Waals surface area contributed by atoms with Crippen molar-refractivity contribution >= 4 is 29.9 Å². The van der Waals surface area contributed by atoms with Crippen molar-refractivity contribution in [1.29, 1.82) is 0 Å². The number of oxazole rings is 1. The number of likely N-dealkylation sites (tertiary alicyclic amines) is 1. The lowest BCUT2D eigenvalue weighted by Gasteiger charge is -2.29. The molecule has 7 heteroatoms. The van der Waals surface area contributed by atoms with Crippen LogP contribution in [0.25, 0.3) is 0 Å². The molecule has 0 aliphatic carbocycles. The standard InChI is InChI=1S/C18H33N5O.HI/c1-7-23-10-8-9-14(23)13-22(6)17(19-5)21-12-16-20-11-15(24-16)18(2,3)4;/h11,14H,7-10,12-13H2,1-6H3,(H,19,21);1H. The second-order valence-electron chi connectivity index (χ2n) is 7.57. The van der Waals surface area contributed by atoms with Gasteiger partial charge in [0.2, 0.25) is 5.89 Å². The minimum Gasteiger partial charge on any atom is -0.443 e. The average Bonchev–Trinajstić information content (AvgIpc) is 3.16. The van der Waals surface area contributed by atoms with Crippen molar-refractivity contribution in [2.75, 3.05) is 33.7 Å². The van der Waals surface area contributed by atoms with Gasteiger partial charge in [0, 0.05) is 32.1 Å². The van der Waals surface area contributed by atoms with Crippen LogP contribution in [0.15, 0.2) is 15.6 Å². The molecule has 1 fully saturated rings. The molecule has 144 valence electrons. The third-order valence-electron chi connectivity index (χ3n) is 4.65. The van der Waals surface area contributed by atoms with Gasteiger partial charge in [0.05, 0.1) is 12.7 Å². The van der Waals surface area contributed by atoms with E-state index in [4.69, 9.17) is 4.42 Å². The molecule has 0 bridgehead atoms. The summed E-state index contributed by atoms with van der Waals surface area (Å²) in [6.45, 7) is 12.5. The van der Waals surface area contributed by atoms with Crippen molar-refractivity contribution in [3.63, 3.8) is 0 Å². The smallest absolute Gasteiger partial charge is 0.213 e. The Balaban J connectivity index is 0.00000312. The van der Waals surface area contributed by atoms with Gasteiger partial charge in [-0.1, -0.05) is 27.7 Å². The maximum Gasteiger partial charge on any atom is 0.213 e. The summed E-state index contributed by atoms with van der Waals surface area (Å²) < 4.78 is 5.84. The first-order valence-corrected chi connectivity index (χ1v) is 8.96. The number of likely N-dealkylation sites (N-methyl/N-ethyl adjacent to an activating group) is 2. The zero-order valence-corrected chi connectivity index (χ0v) is 18.8. The first-order valence-electron chi connectivity index (χ1n) is 8.96. The number of hydrogen-bond acceptors (Lipinski definition) is 4. The summed E-state index contributed by atoms with van der Waals surface area (Å²) in [5.74, 6) is 2.49. The molecule has 0 saturated carbocycles. The normalized spacial score (nSPS) is 19.0. The fraction of sp³-hybridized carbons (Fsp3) is 0.778. The highest BCUT2D eigenvalue weighted by Crippen LogP contribution is 2.22. The molecule has 1 aliphatic heterocycles. The lowest BCUT2D eigenvalue weighted by Crippen LogP contribution is -2.45. The SMILES string of the molecule is CCN1CCCC1CN(C)C(=NC)NCc1ncc(C(C)(C)C)o1.I. The van der Waals surface area contributed by atoms with Gasteiger partial charge in [-0.25, -0.2) is 4.98 Å². The zero-order valence-electron chi connectivity index (χ0n) is 16.5. The van der Waals surface area contributed by atoms with E-state index in [1.807, 2.05) is 13.2 Å². The Kier molecular flexibility index (Phi) is 8.67. The first-order chi connectivity index (χ1) is 11.3. The van der Waals surface area contributed by atoms with E-state index >= 15 is 0 Å². The summed E-state index contributed by atoms with van der Waals surface area (Å²) in [7, 11) is 3.92. The molecular weight excluding hydrogens is 429 g/mol. The number of halogens is 1. The Hall–Kier alpha value is -0.830. The maximum atomic E-state index is 5.84. The predicted octanol–water partition coefficient (Wildman–Crippen LogP) is 3.08. The fourth-order valence-corrected chi connectivity index (χ4v) is 3.20. The highest BCUT2D eigenvalue weighted by atomic mass is 127. The van der Waals surface area contributed by atoms with E-state index in [0.29, 0.717) is 18.5 Å². The van der Waals surface area contributed by atoms with Crippen molar-refractivity contribution < 1.29 is 4.42 Å². The quantitative estimate of drug-likeness (QED) is 0.413. The van der Waals surface area contributed by atoms with Crippen LogP contribution in [0.2, 0.25) is 0 Å². The molecule has 1 N–H and O–H groups in total. The monoisotopic (exact) mass is 463 g/mol. The first kappa shape index (κ1) is 22.2. The molecule has 0 amide bonds. The second kappa shape index (κ2) is 9.75. The summed E-state index contributed by atoms with van der Waals surface area (Å²) in [6, 6.07) is 0.618. The fourth-order valence-electron chi connectivity index (χ4n) is 3.20. The van der Waals surface area contributed by atoms with E-state index in [1.165, 1.54) is 19.4 Å². The number of rotatable bonds is 5. The van der Waals surface area contributed by atoms with Gasteiger partial charge in [-0.15, -0.1) is 24.0 Å². The van der Waals surface area contributed by atoms with Gasteiger partial charge < -0.3 is 14.6 Å². The molecular formula is C18H34IN5O. The summed E-state index contributed by atoms with van der Waals surface area (Å²) in [6.07, 6.45) is 4.38. The van der Waals surface area contributed by atoms with E-state index in [9.17, 15) is 0 Å². The van der Waals surface area contributed by atoms with Gasteiger partial charge in [-0.2, -0.15) is 0 Å². The van der Waals surface area contributed by atoms with Crippen LogP contribution in [0.1, 0.15) is 52.2 Å². The number of nitrogens with one attached hydrogen (secondary N) is 1. The van der Waals surface area contributed by atoms with Gasteiger partial charge in [-0.3, -0.25) is 9.89 Å². The minimum absolute atomic E-state index is 0. The van der Waals surface area contributed by atoms with Gasteiger partial charge in [0.15, 0.2) is 5.96 Å². The van der Waals surface area contributed by atoms with Crippen LogP contribution < -0.4 is 5.32 Å². The van der Waals surface area contributed by atoms with Crippen LogP contribution in [-0.2, 0) is 12.0 Å². The van der Waals surface area contributed by atoms with Gasteiger partial charge in [0.25, 0.3) is 0 Å². The van der Waals surface area contributed by atoms with Crippen LogP contribution in [0.3, 0.4) is 0 Å². The molecule has 0 spiro atoms. The van der Waals surface area contributed by atoms with E-state index in [-0.39, 0.29) is 29.4 Å². The van der Waals surface area contributed by atoms with E-state index in [1.54, 1.807) is 0 Å². The molecule has 0 radical (unpaired) electrons. The topological polar surface area (TPSA) is 56.9 Å². The number of hydrogen-bond donors (Lipinski definition) is 1. The average molecular weight is 463 g/mol. The molecule has 0 aromatic carbocycles. The Labute approximate surface area is 169 Å². The highest BCUT2D eigenvalue weighted by Gasteiger charge is 2.25. The lowest BCUT2D eigenvalue weighted by atomic mass is 9.94. The third kappa shape index (κ3) is 6.13. The summed E-state index contributed by atoms with van der Waals surface area (Å²) in [5, 5.41) is 3.36. The summed E-state index contributed by atoms with van der Waals surface area (Å²) in [4.78, 5) is 13.5. The lowest BCUT2D eigenvalue weighted by molar-refractivity contribution is 0.232. The van der Waals surface area contributed by atoms with Crippen molar-refractivity contribution in [1.82, 2.24) is 20.1 Å². The van der Waals surface area contributed by atoms with Crippen molar-refractivity contribution in [2.24, 2.45) is 4.99 Å². The van der Waals surface area contributed by atoms with Crippen LogP contribution >= 0.6 is 24.0 Å².